The van der Waals surface area contributed by atoms with Crippen LogP contribution in [-0.2, 0) is 4.74 Å². The Morgan fingerprint density at radius 2 is 2.18 bits per heavy atom. The first-order valence-corrected chi connectivity index (χ1v) is 6.47. The second-order valence-corrected chi connectivity index (χ2v) is 4.97. The summed E-state index contributed by atoms with van der Waals surface area (Å²) in [6.45, 7) is 0.844. The van der Waals surface area contributed by atoms with Gasteiger partial charge in [0.2, 0.25) is 0 Å². The van der Waals surface area contributed by atoms with Gasteiger partial charge in [-0.25, -0.2) is 0 Å². The molecule has 1 aromatic rings. The fourth-order valence-electron chi connectivity index (χ4n) is 2.27. The highest BCUT2D eigenvalue weighted by molar-refractivity contribution is 5.31. The monoisotopic (exact) mass is 233 g/mol. The molecular weight excluding hydrogens is 214 g/mol. The van der Waals surface area contributed by atoms with E-state index in [9.17, 15) is 0 Å². The summed E-state index contributed by atoms with van der Waals surface area (Å²) in [5.41, 5.74) is 7.36. The van der Waals surface area contributed by atoms with Gasteiger partial charge in [0.05, 0.1) is 18.2 Å². The Morgan fingerprint density at radius 3 is 2.88 bits per heavy atom. The maximum atomic E-state index is 6.24. The summed E-state index contributed by atoms with van der Waals surface area (Å²) >= 11 is 0. The van der Waals surface area contributed by atoms with Crippen LogP contribution < -0.4 is 10.5 Å². The van der Waals surface area contributed by atoms with Crippen molar-refractivity contribution in [3.63, 3.8) is 0 Å². The molecule has 17 heavy (non-hydrogen) atoms. The van der Waals surface area contributed by atoms with Gasteiger partial charge in [-0.1, -0.05) is 12.1 Å². The molecule has 3 rings (SSSR count). The normalized spacial score (nSPS) is 25.8. The SMILES string of the molecule is NC(c1cccc(OC2CC2)c1)C1CCCO1. The van der Waals surface area contributed by atoms with Gasteiger partial charge in [-0.2, -0.15) is 0 Å². The molecule has 0 spiro atoms. The molecule has 0 bridgehead atoms. The van der Waals surface area contributed by atoms with Crippen LogP contribution in [-0.4, -0.2) is 18.8 Å². The van der Waals surface area contributed by atoms with Crippen molar-refractivity contribution in [1.29, 1.82) is 0 Å². The Bertz CT molecular complexity index is 384. The average molecular weight is 233 g/mol. The van der Waals surface area contributed by atoms with Crippen LogP contribution in [0.1, 0.15) is 37.3 Å². The van der Waals surface area contributed by atoms with Crippen molar-refractivity contribution in [2.75, 3.05) is 6.61 Å². The molecule has 1 aliphatic heterocycles. The smallest absolute Gasteiger partial charge is 0.120 e. The molecule has 0 aromatic heterocycles. The Labute approximate surface area is 102 Å². The fourth-order valence-corrected chi connectivity index (χ4v) is 2.27. The predicted octanol–water partition coefficient (Wildman–Crippen LogP) is 2.41. The molecule has 0 radical (unpaired) electrons. The van der Waals surface area contributed by atoms with Gasteiger partial charge in [-0.15, -0.1) is 0 Å². The van der Waals surface area contributed by atoms with E-state index in [1.807, 2.05) is 12.1 Å². The largest absolute Gasteiger partial charge is 0.490 e. The van der Waals surface area contributed by atoms with Crippen LogP contribution in [0.5, 0.6) is 5.75 Å². The Balaban J connectivity index is 1.71. The van der Waals surface area contributed by atoms with Gasteiger partial charge in [0.1, 0.15) is 5.75 Å². The highest BCUT2D eigenvalue weighted by Gasteiger charge is 2.26. The molecule has 2 N–H and O–H groups in total. The molecule has 2 fully saturated rings. The Kier molecular flexibility index (Phi) is 3.04. The van der Waals surface area contributed by atoms with Crippen LogP contribution in [0.4, 0.5) is 0 Å². The van der Waals surface area contributed by atoms with Crippen molar-refractivity contribution < 1.29 is 9.47 Å². The molecule has 1 aliphatic carbocycles. The second-order valence-electron chi connectivity index (χ2n) is 4.97. The highest BCUT2D eigenvalue weighted by Crippen LogP contribution is 2.30. The van der Waals surface area contributed by atoms with E-state index in [0.29, 0.717) is 6.10 Å². The summed E-state index contributed by atoms with van der Waals surface area (Å²) in [7, 11) is 0. The Morgan fingerprint density at radius 1 is 1.29 bits per heavy atom. The lowest BCUT2D eigenvalue weighted by Crippen LogP contribution is -2.25. The molecule has 2 unspecified atom stereocenters. The van der Waals surface area contributed by atoms with Crippen LogP contribution in [0.25, 0.3) is 0 Å². The lowest BCUT2D eigenvalue weighted by Gasteiger charge is -2.19. The maximum Gasteiger partial charge on any atom is 0.120 e. The van der Waals surface area contributed by atoms with E-state index in [1.165, 1.54) is 12.8 Å². The molecule has 3 nitrogen and oxygen atoms in total. The van der Waals surface area contributed by atoms with Gasteiger partial charge in [-0.05, 0) is 43.4 Å². The van der Waals surface area contributed by atoms with Crippen LogP contribution in [0.3, 0.4) is 0 Å². The molecule has 3 heteroatoms. The third-order valence-corrected chi connectivity index (χ3v) is 3.44. The molecule has 1 aromatic carbocycles. The van der Waals surface area contributed by atoms with Crippen molar-refractivity contribution in [2.45, 2.75) is 43.9 Å². The Hall–Kier alpha value is -1.06. The standard InChI is InChI=1S/C14H19NO2/c15-14(13-5-2-8-16-13)10-3-1-4-12(9-10)17-11-6-7-11/h1,3-4,9,11,13-14H,2,5-8,15H2. The number of hydrogen-bond donors (Lipinski definition) is 1. The molecule has 2 atom stereocenters. The molecule has 2 aliphatic rings. The number of benzene rings is 1. The summed E-state index contributed by atoms with van der Waals surface area (Å²) < 4.78 is 11.4. The van der Waals surface area contributed by atoms with E-state index >= 15 is 0 Å². The zero-order valence-corrected chi connectivity index (χ0v) is 9.97. The summed E-state index contributed by atoms with van der Waals surface area (Å²) in [5.74, 6) is 0.943. The first-order valence-electron chi connectivity index (χ1n) is 6.47. The summed E-state index contributed by atoms with van der Waals surface area (Å²) in [6.07, 6.45) is 5.16. The topological polar surface area (TPSA) is 44.5 Å². The van der Waals surface area contributed by atoms with Crippen molar-refractivity contribution >= 4 is 0 Å². The third-order valence-electron chi connectivity index (χ3n) is 3.44. The van der Waals surface area contributed by atoms with Gasteiger partial charge < -0.3 is 15.2 Å². The van der Waals surface area contributed by atoms with Gasteiger partial charge >= 0.3 is 0 Å². The molecule has 1 saturated carbocycles. The first-order chi connectivity index (χ1) is 8.33. The maximum absolute atomic E-state index is 6.24. The van der Waals surface area contributed by atoms with Crippen LogP contribution in [0.15, 0.2) is 24.3 Å². The third kappa shape index (κ3) is 2.61. The quantitative estimate of drug-likeness (QED) is 0.868. The summed E-state index contributed by atoms with van der Waals surface area (Å²) in [4.78, 5) is 0. The van der Waals surface area contributed by atoms with Crippen LogP contribution in [0.2, 0.25) is 0 Å². The average Bonchev–Trinajstić information content (AvgIpc) is 2.99. The lowest BCUT2D eigenvalue weighted by atomic mass is 10.0. The minimum atomic E-state index is -0.0275. The van der Waals surface area contributed by atoms with Gasteiger partial charge in [0, 0.05) is 6.61 Å². The van der Waals surface area contributed by atoms with Crippen molar-refractivity contribution in [1.82, 2.24) is 0 Å². The number of rotatable bonds is 4. The van der Waals surface area contributed by atoms with Crippen molar-refractivity contribution in [3.8, 4) is 5.75 Å². The molecule has 92 valence electrons. The van der Waals surface area contributed by atoms with E-state index in [4.69, 9.17) is 15.2 Å². The van der Waals surface area contributed by atoms with E-state index in [1.54, 1.807) is 0 Å². The second kappa shape index (κ2) is 4.67. The molecule has 1 saturated heterocycles. The molecule has 1 heterocycles. The highest BCUT2D eigenvalue weighted by atomic mass is 16.5. The zero-order valence-electron chi connectivity index (χ0n) is 9.97. The fraction of sp³-hybridized carbons (Fsp3) is 0.571. The van der Waals surface area contributed by atoms with Crippen molar-refractivity contribution in [2.24, 2.45) is 5.73 Å². The predicted molar refractivity (Wildman–Crippen MR) is 66.0 cm³/mol. The number of nitrogens with two attached hydrogens (primary N) is 1. The van der Waals surface area contributed by atoms with E-state index in [2.05, 4.69) is 12.1 Å². The molecule has 0 amide bonds. The van der Waals surface area contributed by atoms with E-state index in [-0.39, 0.29) is 12.1 Å². The molecular formula is C14H19NO2. The van der Waals surface area contributed by atoms with Crippen molar-refractivity contribution in [3.05, 3.63) is 29.8 Å². The first kappa shape index (κ1) is 11.1. The number of hydrogen-bond acceptors (Lipinski definition) is 3. The number of ether oxygens (including phenoxy) is 2. The van der Waals surface area contributed by atoms with Gasteiger partial charge in [0.15, 0.2) is 0 Å². The summed E-state index contributed by atoms with van der Waals surface area (Å²) in [5, 5.41) is 0. The zero-order chi connectivity index (χ0) is 11.7. The van der Waals surface area contributed by atoms with Gasteiger partial charge in [-0.3, -0.25) is 0 Å². The summed E-state index contributed by atoms with van der Waals surface area (Å²) in [6, 6.07) is 8.11. The lowest BCUT2D eigenvalue weighted by molar-refractivity contribution is 0.0899. The van der Waals surface area contributed by atoms with E-state index < -0.39 is 0 Å². The van der Waals surface area contributed by atoms with Crippen LogP contribution >= 0.6 is 0 Å². The van der Waals surface area contributed by atoms with E-state index in [0.717, 1.165) is 30.8 Å². The van der Waals surface area contributed by atoms with Crippen LogP contribution in [0, 0.1) is 0 Å². The minimum absolute atomic E-state index is 0.0275. The van der Waals surface area contributed by atoms with Gasteiger partial charge in [0.25, 0.3) is 0 Å². The minimum Gasteiger partial charge on any atom is -0.490 e.